The molecule has 0 saturated heterocycles. The second-order valence-corrected chi connectivity index (χ2v) is 6.08. The summed E-state index contributed by atoms with van der Waals surface area (Å²) in [5.74, 6) is -1.06. The lowest BCUT2D eigenvalue weighted by atomic mass is 10.2. The molecule has 0 bridgehead atoms. The van der Waals surface area contributed by atoms with Gasteiger partial charge in [0.2, 0.25) is 0 Å². The Morgan fingerprint density at radius 3 is 2.70 bits per heavy atom. The van der Waals surface area contributed by atoms with Crippen LogP contribution in [-0.2, 0) is 6.54 Å². The zero-order chi connectivity index (χ0) is 17.1. The predicted molar refractivity (Wildman–Crippen MR) is 92.3 cm³/mol. The van der Waals surface area contributed by atoms with Crippen LogP contribution in [0.25, 0.3) is 0 Å². The average Bonchev–Trinajstić information content (AvgIpc) is 2.84. The Labute approximate surface area is 143 Å². The summed E-state index contributed by atoms with van der Waals surface area (Å²) < 4.78 is 1.47. The van der Waals surface area contributed by atoms with E-state index in [-0.39, 0.29) is 5.69 Å². The Balaban J connectivity index is 2.42. The summed E-state index contributed by atoms with van der Waals surface area (Å²) in [7, 11) is 0. The molecule has 3 N–H and O–H groups in total. The Morgan fingerprint density at radius 2 is 2.13 bits per heavy atom. The Hall–Kier alpha value is -1.99. The molecule has 1 aromatic carbocycles. The molecule has 2 rings (SSSR count). The van der Waals surface area contributed by atoms with Crippen molar-refractivity contribution in [3.05, 3.63) is 40.2 Å². The molecule has 0 unspecified atom stereocenters. The standard InChI is InChI=1S/C15H17ClN4O2S/c1-4-20-13(14(17)21)12(8(2)19-20)18-15(22)10-7-9(23-3)5-6-11(10)16/h5-7H,4H2,1-3H3,(H2,17,21)(H,18,22). The van der Waals surface area contributed by atoms with Crippen LogP contribution in [0.2, 0.25) is 5.02 Å². The van der Waals surface area contributed by atoms with Crippen LogP contribution < -0.4 is 11.1 Å². The normalized spacial score (nSPS) is 10.6. The van der Waals surface area contributed by atoms with Gasteiger partial charge in [0.25, 0.3) is 11.8 Å². The minimum Gasteiger partial charge on any atom is -0.364 e. The second kappa shape index (κ2) is 7.06. The molecule has 0 fully saturated rings. The highest BCUT2D eigenvalue weighted by Gasteiger charge is 2.22. The van der Waals surface area contributed by atoms with Gasteiger partial charge in [0, 0.05) is 11.4 Å². The number of aromatic nitrogens is 2. The van der Waals surface area contributed by atoms with Gasteiger partial charge in [0.15, 0.2) is 0 Å². The lowest BCUT2D eigenvalue weighted by Gasteiger charge is -2.09. The highest BCUT2D eigenvalue weighted by molar-refractivity contribution is 7.98. The SMILES string of the molecule is CCn1nc(C)c(NC(=O)c2cc(SC)ccc2Cl)c1C(N)=O. The zero-order valence-electron chi connectivity index (χ0n) is 13.0. The number of carbonyl (C=O) groups is 2. The first-order valence-electron chi connectivity index (χ1n) is 6.91. The quantitative estimate of drug-likeness (QED) is 0.809. The fourth-order valence-corrected chi connectivity index (χ4v) is 2.84. The topological polar surface area (TPSA) is 90.0 Å². The van der Waals surface area contributed by atoms with Crippen molar-refractivity contribution < 1.29 is 9.59 Å². The zero-order valence-corrected chi connectivity index (χ0v) is 14.6. The molecule has 0 spiro atoms. The van der Waals surface area contributed by atoms with Gasteiger partial charge in [-0.1, -0.05) is 11.6 Å². The third kappa shape index (κ3) is 3.51. The van der Waals surface area contributed by atoms with Crippen LogP contribution in [0, 0.1) is 6.92 Å². The lowest BCUT2D eigenvalue weighted by Crippen LogP contribution is -2.21. The summed E-state index contributed by atoms with van der Waals surface area (Å²) in [6.45, 7) is 4.01. The van der Waals surface area contributed by atoms with Gasteiger partial charge in [-0.2, -0.15) is 5.10 Å². The summed E-state index contributed by atoms with van der Waals surface area (Å²) in [6.07, 6.45) is 1.91. The van der Waals surface area contributed by atoms with Crippen molar-refractivity contribution in [1.82, 2.24) is 9.78 Å². The Bertz CT molecular complexity index is 773. The average molecular weight is 353 g/mol. The van der Waals surface area contributed by atoms with Crippen molar-refractivity contribution >= 4 is 40.9 Å². The number of hydrogen-bond acceptors (Lipinski definition) is 4. The van der Waals surface area contributed by atoms with Crippen molar-refractivity contribution in [2.45, 2.75) is 25.3 Å². The number of primary amides is 1. The van der Waals surface area contributed by atoms with Crippen LogP contribution in [0.1, 0.15) is 33.5 Å². The number of benzene rings is 1. The number of nitrogens with two attached hydrogens (primary N) is 1. The smallest absolute Gasteiger partial charge is 0.269 e. The summed E-state index contributed by atoms with van der Waals surface area (Å²) in [5.41, 5.74) is 6.76. The number of anilines is 1. The number of carbonyl (C=O) groups excluding carboxylic acids is 2. The van der Waals surface area contributed by atoms with Crippen LogP contribution in [-0.4, -0.2) is 27.9 Å². The Morgan fingerprint density at radius 1 is 1.43 bits per heavy atom. The van der Waals surface area contributed by atoms with Crippen molar-refractivity contribution in [2.24, 2.45) is 5.73 Å². The molecule has 2 amide bonds. The maximum atomic E-state index is 12.5. The van der Waals surface area contributed by atoms with E-state index < -0.39 is 11.8 Å². The number of aryl methyl sites for hydroxylation is 2. The number of halogens is 1. The van der Waals surface area contributed by atoms with Crippen LogP contribution in [0.4, 0.5) is 5.69 Å². The van der Waals surface area contributed by atoms with E-state index in [2.05, 4.69) is 10.4 Å². The predicted octanol–water partition coefficient (Wildman–Crippen LogP) is 2.94. The summed E-state index contributed by atoms with van der Waals surface area (Å²) in [5, 5.41) is 7.26. The molecule has 122 valence electrons. The van der Waals surface area contributed by atoms with Gasteiger partial charge >= 0.3 is 0 Å². The molecule has 0 atom stereocenters. The molecule has 23 heavy (non-hydrogen) atoms. The first-order chi connectivity index (χ1) is 10.9. The second-order valence-electron chi connectivity index (χ2n) is 4.79. The summed E-state index contributed by atoms with van der Waals surface area (Å²) in [6, 6.07) is 5.20. The van der Waals surface area contributed by atoms with E-state index in [1.165, 1.54) is 16.4 Å². The largest absolute Gasteiger partial charge is 0.364 e. The third-order valence-electron chi connectivity index (χ3n) is 3.32. The van der Waals surface area contributed by atoms with Gasteiger partial charge in [-0.3, -0.25) is 14.3 Å². The van der Waals surface area contributed by atoms with Gasteiger partial charge in [0.05, 0.1) is 22.0 Å². The molecule has 8 heteroatoms. The van der Waals surface area contributed by atoms with E-state index in [9.17, 15) is 9.59 Å². The van der Waals surface area contributed by atoms with Gasteiger partial charge in [0.1, 0.15) is 5.69 Å². The van der Waals surface area contributed by atoms with Crippen molar-refractivity contribution in [1.29, 1.82) is 0 Å². The van der Waals surface area contributed by atoms with E-state index in [0.717, 1.165) is 4.90 Å². The third-order valence-corrected chi connectivity index (χ3v) is 4.37. The van der Waals surface area contributed by atoms with E-state index in [1.807, 2.05) is 19.2 Å². The molecule has 0 aliphatic carbocycles. The monoisotopic (exact) mass is 352 g/mol. The number of nitrogens with one attached hydrogen (secondary N) is 1. The van der Waals surface area contributed by atoms with Gasteiger partial charge in [-0.15, -0.1) is 11.8 Å². The van der Waals surface area contributed by atoms with Crippen LogP contribution >= 0.6 is 23.4 Å². The maximum absolute atomic E-state index is 12.5. The first kappa shape index (κ1) is 17.4. The molecule has 1 aromatic heterocycles. The van der Waals surface area contributed by atoms with Gasteiger partial charge in [-0.05, 0) is 38.3 Å². The van der Waals surface area contributed by atoms with E-state index in [1.54, 1.807) is 19.1 Å². The maximum Gasteiger partial charge on any atom is 0.269 e. The van der Waals surface area contributed by atoms with Crippen molar-refractivity contribution in [3.8, 4) is 0 Å². The number of nitrogens with zero attached hydrogens (tertiary/aromatic N) is 2. The Kier molecular flexibility index (Phi) is 5.33. The fourth-order valence-electron chi connectivity index (χ4n) is 2.20. The van der Waals surface area contributed by atoms with Crippen LogP contribution in [0.15, 0.2) is 23.1 Å². The van der Waals surface area contributed by atoms with Crippen molar-refractivity contribution in [3.63, 3.8) is 0 Å². The number of amides is 2. The van der Waals surface area contributed by atoms with E-state index >= 15 is 0 Å². The minimum atomic E-state index is -0.647. The molecule has 1 heterocycles. The minimum absolute atomic E-state index is 0.176. The molecule has 0 radical (unpaired) electrons. The number of thioether (sulfide) groups is 1. The van der Waals surface area contributed by atoms with Gasteiger partial charge in [-0.25, -0.2) is 0 Å². The molecular formula is C15H17ClN4O2S. The molecule has 0 saturated carbocycles. The summed E-state index contributed by atoms with van der Waals surface area (Å²) in [4.78, 5) is 25.1. The van der Waals surface area contributed by atoms with Crippen LogP contribution in [0.5, 0.6) is 0 Å². The molecule has 2 aromatic rings. The van der Waals surface area contributed by atoms with Crippen LogP contribution in [0.3, 0.4) is 0 Å². The van der Waals surface area contributed by atoms with Gasteiger partial charge < -0.3 is 11.1 Å². The van der Waals surface area contributed by atoms with E-state index in [4.69, 9.17) is 17.3 Å². The molecular weight excluding hydrogens is 336 g/mol. The van der Waals surface area contributed by atoms with Crippen molar-refractivity contribution in [2.75, 3.05) is 11.6 Å². The highest BCUT2D eigenvalue weighted by atomic mass is 35.5. The highest BCUT2D eigenvalue weighted by Crippen LogP contribution is 2.26. The summed E-state index contributed by atoms with van der Waals surface area (Å²) >= 11 is 7.61. The first-order valence-corrected chi connectivity index (χ1v) is 8.51. The molecule has 0 aliphatic heterocycles. The molecule has 0 aliphatic rings. The molecule has 6 nitrogen and oxygen atoms in total. The number of rotatable bonds is 5. The van der Waals surface area contributed by atoms with E-state index in [0.29, 0.717) is 28.5 Å². The lowest BCUT2D eigenvalue weighted by molar-refractivity contribution is 0.0991. The number of hydrogen-bond donors (Lipinski definition) is 2. The fraction of sp³-hybridized carbons (Fsp3) is 0.267.